The predicted molar refractivity (Wildman–Crippen MR) is 253 cm³/mol. The van der Waals surface area contributed by atoms with E-state index in [1.165, 1.54) is 52.3 Å². The summed E-state index contributed by atoms with van der Waals surface area (Å²) in [6.07, 6.45) is -2.44. The van der Waals surface area contributed by atoms with Crippen LogP contribution in [0.4, 0.5) is 8.78 Å². The maximum atomic E-state index is 15.3. The third kappa shape index (κ3) is 11.1. The summed E-state index contributed by atoms with van der Waals surface area (Å²) in [5.41, 5.74) is 3.11. The van der Waals surface area contributed by atoms with Gasteiger partial charge in [0.05, 0.1) is 53.3 Å². The molecule has 0 bridgehead atoms. The highest BCUT2D eigenvalue weighted by Crippen LogP contribution is 2.42. The van der Waals surface area contributed by atoms with Gasteiger partial charge >= 0.3 is 11.9 Å². The second kappa shape index (κ2) is 22.2. The number of halogens is 2. The zero-order valence-electron chi connectivity index (χ0n) is 41.2. The van der Waals surface area contributed by atoms with Crippen LogP contribution < -0.4 is 21.3 Å². The fourth-order valence-corrected chi connectivity index (χ4v) is 9.66. The molecule has 2 aromatic carbocycles. The van der Waals surface area contributed by atoms with Crippen LogP contribution in [0.5, 0.6) is 0 Å². The zero-order chi connectivity index (χ0) is 50.6. The number of aromatic amines is 1. The van der Waals surface area contributed by atoms with Gasteiger partial charge < -0.3 is 59.6 Å². The van der Waals surface area contributed by atoms with E-state index in [1.54, 1.807) is 75.3 Å². The van der Waals surface area contributed by atoms with Crippen molar-refractivity contribution in [3.63, 3.8) is 0 Å². The van der Waals surface area contributed by atoms with Crippen LogP contribution >= 0.6 is 0 Å². The van der Waals surface area contributed by atoms with Crippen molar-refractivity contribution in [2.75, 3.05) is 41.4 Å². The van der Waals surface area contributed by atoms with Gasteiger partial charge in [0, 0.05) is 77.3 Å². The molecule has 0 radical (unpaired) electrons. The average Bonchev–Trinajstić information content (AvgIpc) is 4.07. The van der Waals surface area contributed by atoms with E-state index in [4.69, 9.17) is 18.9 Å². The number of nitrogens with one attached hydrogen (secondary N) is 5. The third-order valence-corrected chi connectivity index (χ3v) is 13.8. The smallest absolute Gasteiger partial charge is 0.302 e. The Morgan fingerprint density at radius 3 is 1.59 bits per heavy atom. The summed E-state index contributed by atoms with van der Waals surface area (Å²) in [5.74, 6) is -3.95. The Balaban J connectivity index is 1.53. The van der Waals surface area contributed by atoms with Gasteiger partial charge in [0.2, 0.25) is 23.6 Å². The van der Waals surface area contributed by atoms with Gasteiger partial charge in [0.25, 0.3) is 0 Å². The molecule has 10 atom stereocenters. The monoisotopic (exact) mass is 964 g/mol. The molecule has 2 aliphatic rings. The molecule has 0 saturated carbocycles. The third-order valence-electron chi connectivity index (χ3n) is 13.8. The summed E-state index contributed by atoms with van der Waals surface area (Å²) in [5, 5.41) is 12.6. The molecule has 2 saturated heterocycles. The molecule has 6 rings (SSSR count). The van der Waals surface area contributed by atoms with Crippen molar-refractivity contribution >= 4 is 57.4 Å². The van der Waals surface area contributed by atoms with E-state index in [9.17, 15) is 28.8 Å². The summed E-state index contributed by atoms with van der Waals surface area (Å²) in [6.45, 7) is 9.55. The minimum absolute atomic E-state index is 0.0559. The van der Waals surface area contributed by atoms with Gasteiger partial charge in [-0.05, 0) is 102 Å². The number of methoxy groups -OCH3 is 2. The van der Waals surface area contributed by atoms with Crippen LogP contribution in [0, 0.1) is 11.6 Å². The molecule has 5 N–H and O–H groups in total. The number of benzene rings is 2. The number of likely N-dealkylation sites (N-methyl/N-ethyl adjacent to an activating group) is 2. The average molecular weight is 965 g/mol. The van der Waals surface area contributed by atoms with Crippen molar-refractivity contribution in [2.45, 2.75) is 128 Å². The first-order chi connectivity index (χ1) is 32.7. The summed E-state index contributed by atoms with van der Waals surface area (Å²) in [4.78, 5) is 87.9. The molecule has 2 fully saturated rings. The fraction of sp³-hybridized carbons (Fsp3) is 0.551. The number of aryl methyl sites for hydroxylation is 1. The highest BCUT2D eigenvalue weighted by atomic mass is 19.1. The van der Waals surface area contributed by atoms with Gasteiger partial charge in [-0.3, -0.25) is 28.8 Å². The van der Waals surface area contributed by atoms with Gasteiger partial charge in [0.15, 0.2) is 0 Å². The van der Waals surface area contributed by atoms with E-state index in [2.05, 4.69) is 26.3 Å². The molecule has 2 aliphatic heterocycles. The first-order valence-corrected chi connectivity index (χ1v) is 23.3. The number of nitrogens with zero attached hydrogens (tertiary/aromatic N) is 3. The minimum atomic E-state index is -1.12. The highest BCUT2D eigenvalue weighted by Gasteiger charge is 2.46. The van der Waals surface area contributed by atoms with Crippen molar-refractivity contribution in [3.8, 4) is 11.4 Å². The molecule has 2 unspecified atom stereocenters. The molecule has 18 nitrogen and oxygen atoms in total. The first-order valence-electron chi connectivity index (χ1n) is 23.3. The zero-order valence-corrected chi connectivity index (χ0v) is 41.2. The number of hydrogen-bond donors (Lipinski definition) is 5. The fourth-order valence-electron chi connectivity index (χ4n) is 9.66. The number of carbonyl (C=O) groups excluding carboxylic acids is 6. The molecule has 4 heterocycles. The minimum Gasteiger partial charge on any atom is -0.460 e. The molecule has 376 valence electrons. The molecule has 20 heteroatoms. The van der Waals surface area contributed by atoms with Crippen molar-refractivity contribution in [1.82, 2.24) is 40.6 Å². The SMILES string of the molecule is CN[C@@H](C)C(=O)NC(C(=O)N1CC[C@H](OC(C)=O)[C@H]1Cc1c(-c2c(C[C@@H]3[C@@H](OC(C)=O)CCN3C(=O)[C@@H](NC(=O)[C@H](C)NC)C(C)OC)c3ccc(F)cc3n2C)[nH]c2cc(F)ccc12)[C@@H](C)OC. The van der Waals surface area contributed by atoms with Crippen LogP contribution in [-0.2, 0) is 67.6 Å². The molecular formula is C49H66F2N8O10. The summed E-state index contributed by atoms with van der Waals surface area (Å²) >= 11 is 0. The number of rotatable bonds is 19. The number of fused-ring (bicyclic) bond motifs is 2. The topological polar surface area (TPSA) is 215 Å². The number of hydrogen-bond acceptors (Lipinski definition) is 12. The lowest BCUT2D eigenvalue weighted by Crippen LogP contribution is -2.58. The van der Waals surface area contributed by atoms with Crippen LogP contribution in [0.15, 0.2) is 36.4 Å². The van der Waals surface area contributed by atoms with Crippen LogP contribution in [0.3, 0.4) is 0 Å². The van der Waals surface area contributed by atoms with Gasteiger partial charge in [-0.1, -0.05) is 0 Å². The van der Waals surface area contributed by atoms with Gasteiger partial charge in [0.1, 0.15) is 35.9 Å². The van der Waals surface area contributed by atoms with Gasteiger partial charge in [-0.25, -0.2) is 8.78 Å². The Bertz CT molecular complexity index is 2570. The standard InChI is InChI=1S/C49H66F2N8O10/c1-24(52-7)46(62)55-42(26(3)66-10)48(64)58-18-16-40(68-28(5)60)38(58)22-34-32-14-12-30(50)20-36(32)54-44(34)45-35(33-15-13-31(51)21-37(33)57(45)9)23-39-41(69-29(6)61)17-19-59(39)49(65)43(27(4)67-11)56-47(63)25(2)53-8/h12-15,20-21,24-27,38-43,52-54H,16-19,22-23H2,1-11H3,(H,55,62)(H,56,63)/t24-,25-,26+,27?,38+,39+,40-,41-,42?,43-/m0/s1. The number of aromatic nitrogens is 2. The van der Waals surface area contributed by atoms with Crippen LogP contribution in [0.25, 0.3) is 33.2 Å². The first kappa shape index (κ1) is 52.4. The van der Waals surface area contributed by atoms with Crippen molar-refractivity contribution in [3.05, 3.63) is 59.2 Å². The van der Waals surface area contributed by atoms with E-state index < -0.39 is 108 Å². The van der Waals surface area contributed by atoms with Crippen LogP contribution in [0.2, 0.25) is 0 Å². The Morgan fingerprint density at radius 1 is 0.696 bits per heavy atom. The lowest BCUT2D eigenvalue weighted by Gasteiger charge is -2.34. The lowest BCUT2D eigenvalue weighted by molar-refractivity contribution is -0.150. The van der Waals surface area contributed by atoms with Crippen LogP contribution in [-0.4, -0.2) is 157 Å². The second-order valence-corrected chi connectivity index (χ2v) is 18.1. The number of carbonyl (C=O) groups is 6. The maximum Gasteiger partial charge on any atom is 0.302 e. The molecule has 69 heavy (non-hydrogen) atoms. The van der Waals surface area contributed by atoms with Gasteiger partial charge in [-0.15, -0.1) is 0 Å². The maximum absolute atomic E-state index is 15.3. The summed E-state index contributed by atoms with van der Waals surface area (Å²) < 4.78 is 55.3. The van der Waals surface area contributed by atoms with E-state index in [0.29, 0.717) is 44.3 Å². The predicted octanol–water partition coefficient (Wildman–Crippen LogP) is 3.01. The lowest BCUT2D eigenvalue weighted by atomic mass is 9.93. The molecule has 4 aromatic rings. The number of esters is 2. The number of ether oxygens (including phenoxy) is 4. The Morgan fingerprint density at radius 2 is 1.14 bits per heavy atom. The summed E-state index contributed by atoms with van der Waals surface area (Å²) in [7, 11) is 7.87. The molecule has 4 amide bonds. The summed E-state index contributed by atoms with van der Waals surface area (Å²) in [6, 6.07) is 3.50. The van der Waals surface area contributed by atoms with E-state index in [0.717, 1.165) is 0 Å². The molecule has 0 spiro atoms. The Labute approximate surface area is 400 Å². The number of likely N-dealkylation sites (tertiary alicyclic amines) is 2. The van der Waals surface area contributed by atoms with Gasteiger partial charge in [-0.2, -0.15) is 0 Å². The van der Waals surface area contributed by atoms with Crippen molar-refractivity contribution in [2.24, 2.45) is 7.05 Å². The van der Waals surface area contributed by atoms with Crippen LogP contribution in [0.1, 0.15) is 65.5 Å². The van der Waals surface area contributed by atoms with E-state index in [-0.39, 0.29) is 38.8 Å². The Kier molecular flexibility index (Phi) is 16.9. The number of amides is 4. The van der Waals surface area contributed by atoms with E-state index in [1.807, 2.05) is 0 Å². The van der Waals surface area contributed by atoms with E-state index >= 15 is 8.78 Å². The Hall–Kier alpha value is -5.96. The quantitative estimate of drug-likeness (QED) is 0.0859. The molecular weight excluding hydrogens is 899 g/mol. The van der Waals surface area contributed by atoms with Crippen molar-refractivity contribution < 1.29 is 56.5 Å². The molecule has 0 aliphatic carbocycles. The second-order valence-electron chi connectivity index (χ2n) is 18.1. The molecule has 2 aromatic heterocycles. The highest BCUT2D eigenvalue weighted by molar-refractivity contribution is 5.97. The largest absolute Gasteiger partial charge is 0.460 e. The number of H-pyrrole nitrogens is 1. The normalized spacial score (nSPS) is 20.9. The van der Waals surface area contributed by atoms with Crippen molar-refractivity contribution in [1.29, 1.82) is 0 Å².